The molecule has 0 N–H and O–H groups in total. The maximum absolute atomic E-state index is 6.07. The van der Waals surface area contributed by atoms with Crippen LogP contribution in [-0.4, -0.2) is 12.4 Å². The summed E-state index contributed by atoms with van der Waals surface area (Å²) in [5, 5.41) is 0. The molecule has 0 saturated heterocycles. The Morgan fingerprint density at radius 2 is 2.00 bits per heavy atom. The second-order valence-corrected chi connectivity index (χ2v) is 6.65. The molecule has 100 valence electrons. The van der Waals surface area contributed by atoms with Crippen molar-refractivity contribution in [3.05, 3.63) is 28.2 Å². The van der Waals surface area contributed by atoms with Gasteiger partial charge in [0.15, 0.2) is 0 Å². The van der Waals surface area contributed by atoms with E-state index in [2.05, 4.69) is 53.7 Å². The van der Waals surface area contributed by atoms with Crippen LogP contribution in [0.2, 0.25) is 0 Å². The van der Waals surface area contributed by atoms with Crippen molar-refractivity contribution in [1.29, 1.82) is 0 Å². The summed E-state index contributed by atoms with van der Waals surface area (Å²) in [5.74, 6) is 1.93. The largest absolute Gasteiger partial charge is 0.493 e. The van der Waals surface area contributed by atoms with E-state index in [-0.39, 0.29) is 5.41 Å². The van der Waals surface area contributed by atoms with E-state index in [9.17, 15) is 0 Å². The Kier molecular flexibility index (Phi) is 5.02. The zero-order valence-corrected chi connectivity index (χ0v) is 13.4. The number of ether oxygens (including phenoxy) is 1. The highest BCUT2D eigenvalue weighted by Gasteiger charge is 2.31. The fraction of sp³-hybridized carbons (Fsp3) is 0.600. The number of halogens is 1. The molecule has 18 heavy (non-hydrogen) atoms. The lowest BCUT2D eigenvalue weighted by Gasteiger charge is -2.35. The summed E-state index contributed by atoms with van der Waals surface area (Å²) in [6.07, 6.45) is 6.52. The molecule has 3 heteroatoms. The summed E-state index contributed by atoms with van der Waals surface area (Å²) < 4.78 is 7.15. The molecule has 0 unspecified atom stereocenters. The van der Waals surface area contributed by atoms with Gasteiger partial charge in [0.25, 0.3) is 0 Å². The minimum absolute atomic E-state index is 0.288. The van der Waals surface area contributed by atoms with Crippen LogP contribution in [0.1, 0.15) is 37.7 Å². The molecular weight excluding hydrogens is 308 g/mol. The van der Waals surface area contributed by atoms with Crippen LogP contribution >= 0.6 is 28.6 Å². The van der Waals surface area contributed by atoms with Crippen molar-refractivity contribution >= 4 is 28.6 Å². The number of thiol groups is 1. The van der Waals surface area contributed by atoms with Crippen LogP contribution in [-0.2, 0) is 0 Å². The van der Waals surface area contributed by atoms with Crippen LogP contribution in [0.3, 0.4) is 0 Å². The van der Waals surface area contributed by atoms with E-state index >= 15 is 0 Å². The van der Waals surface area contributed by atoms with E-state index in [1.54, 1.807) is 0 Å². The molecule has 1 aliphatic carbocycles. The van der Waals surface area contributed by atoms with Crippen LogP contribution in [0.5, 0.6) is 5.75 Å². The number of aryl methyl sites for hydroxylation is 1. The van der Waals surface area contributed by atoms with Crippen molar-refractivity contribution in [2.75, 3.05) is 12.4 Å². The first kappa shape index (κ1) is 14.3. The number of rotatable bonds is 4. The van der Waals surface area contributed by atoms with Gasteiger partial charge in [0.2, 0.25) is 0 Å². The fourth-order valence-corrected chi connectivity index (χ4v) is 3.36. The number of hydrogen-bond acceptors (Lipinski definition) is 2. The number of benzene rings is 1. The zero-order chi connectivity index (χ0) is 13.0. The maximum atomic E-state index is 6.07. The Hall–Kier alpha value is -0.150. The van der Waals surface area contributed by atoms with Gasteiger partial charge in [-0.2, -0.15) is 12.6 Å². The third-order valence-electron chi connectivity index (χ3n) is 3.93. The van der Waals surface area contributed by atoms with Crippen molar-refractivity contribution in [1.82, 2.24) is 0 Å². The van der Waals surface area contributed by atoms with Gasteiger partial charge in [-0.05, 0) is 43.2 Å². The first-order valence-electron chi connectivity index (χ1n) is 6.65. The normalized spacial score (nSPS) is 18.6. The third kappa shape index (κ3) is 3.45. The fourth-order valence-electron chi connectivity index (χ4n) is 2.61. The van der Waals surface area contributed by atoms with Crippen LogP contribution in [0, 0.1) is 12.3 Å². The summed E-state index contributed by atoms with van der Waals surface area (Å²) in [6, 6.07) is 6.20. The van der Waals surface area contributed by atoms with Gasteiger partial charge in [0, 0.05) is 9.89 Å². The summed E-state index contributed by atoms with van der Waals surface area (Å²) in [4.78, 5) is 0. The third-order valence-corrected chi connectivity index (χ3v) is 5.10. The smallest absolute Gasteiger partial charge is 0.123 e. The Morgan fingerprint density at radius 1 is 1.28 bits per heavy atom. The molecule has 1 nitrogen and oxygen atoms in total. The van der Waals surface area contributed by atoms with Gasteiger partial charge >= 0.3 is 0 Å². The average Bonchev–Trinajstić information content (AvgIpc) is 2.41. The Bertz CT molecular complexity index is 399. The molecule has 0 radical (unpaired) electrons. The predicted octanol–water partition coefficient (Wildman–Crippen LogP) is 5.02. The topological polar surface area (TPSA) is 9.23 Å². The highest BCUT2D eigenvalue weighted by molar-refractivity contribution is 9.10. The van der Waals surface area contributed by atoms with E-state index in [0.29, 0.717) is 0 Å². The van der Waals surface area contributed by atoms with Crippen molar-refractivity contribution in [2.45, 2.75) is 39.0 Å². The summed E-state index contributed by atoms with van der Waals surface area (Å²) in [6.45, 7) is 2.89. The van der Waals surface area contributed by atoms with E-state index in [1.807, 2.05) is 0 Å². The number of hydrogen-bond donors (Lipinski definition) is 1. The lowest BCUT2D eigenvalue weighted by molar-refractivity contribution is 0.120. The van der Waals surface area contributed by atoms with Crippen LogP contribution in [0.15, 0.2) is 22.7 Å². The summed E-state index contributed by atoms with van der Waals surface area (Å²) in [5.41, 5.74) is 1.49. The highest BCUT2D eigenvalue weighted by Crippen LogP contribution is 2.38. The maximum Gasteiger partial charge on any atom is 0.123 e. The minimum Gasteiger partial charge on any atom is -0.493 e. The molecule has 0 heterocycles. The Labute approximate surface area is 124 Å². The average molecular weight is 329 g/mol. The molecule has 1 aromatic carbocycles. The van der Waals surface area contributed by atoms with E-state index in [4.69, 9.17) is 4.74 Å². The molecule has 0 spiro atoms. The Balaban J connectivity index is 2.03. The highest BCUT2D eigenvalue weighted by atomic mass is 79.9. The van der Waals surface area contributed by atoms with Gasteiger partial charge in [-0.1, -0.05) is 41.3 Å². The van der Waals surface area contributed by atoms with Crippen LogP contribution in [0.4, 0.5) is 0 Å². The lowest BCUT2D eigenvalue weighted by atomic mass is 9.76. The second-order valence-electron chi connectivity index (χ2n) is 5.42. The van der Waals surface area contributed by atoms with Crippen molar-refractivity contribution < 1.29 is 4.74 Å². The van der Waals surface area contributed by atoms with Crippen LogP contribution < -0.4 is 4.74 Å². The predicted molar refractivity (Wildman–Crippen MR) is 83.7 cm³/mol. The Morgan fingerprint density at radius 3 is 2.67 bits per heavy atom. The van der Waals surface area contributed by atoms with Crippen LogP contribution in [0.25, 0.3) is 0 Å². The molecule has 2 rings (SSSR count). The first-order chi connectivity index (χ1) is 8.65. The standard InChI is InChI=1S/C15H21BrOS/c1-12-5-6-13(16)9-14(12)17-10-15(11-18)7-3-2-4-8-15/h5-6,9,18H,2-4,7-8,10-11H2,1H3. The molecule has 1 aliphatic rings. The molecule has 1 aromatic rings. The van der Waals surface area contributed by atoms with E-state index in [0.717, 1.165) is 22.6 Å². The lowest BCUT2D eigenvalue weighted by Crippen LogP contribution is -2.33. The quantitative estimate of drug-likeness (QED) is 0.764. The molecule has 0 bridgehead atoms. The van der Waals surface area contributed by atoms with Gasteiger partial charge in [0.1, 0.15) is 5.75 Å². The van der Waals surface area contributed by atoms with Gasteiger partial charge < -0.3 is 4.74 Å². The molecule has 0 aromatic heterocycles. The molecule has 0 atom stereocenters. The van der Waals surface area contributed by atoms with Gasteiger partial charge in [0.05, 0.1) is 6.61 Å². The van der Waals surface area contributed by atoms with E-state index in [1.165, 1.54) is 37.7 Å². The van der Waals surface area contributed by atoms with E-state index < -0.39 is 0 Å². The van der Waals surface area contributed by atoms with Crippen molar-refractivity contribution in [3.63, 3.8) is 0 Å². The molecule has 0 aliphatic heterocycles. The summed E-state index contributed by atoms with van der Waals surface area (Å²) in [7, 11) is 0. The molecule has 1 saturated carbocycles. The summed E-state index contributed by atoms with van der Waals surface area (Å²) >= 11 is 8.05. The van der Waals surface area contributed by atoms with Crippen molar-refractivity contribution in [2.24, 2.45) is 5.41 Å². The molecule has 0 amide bonds. The molecular formula is C15H21BrOS. The van der Waals surface area contributed by atoms with Gasteiger partial charge in [-0.15, -0.1) is 0 Å². The SMILES string of the molecule is Cc1ccc(Br)cc1OCC1(CS)CCCCC1. The second kappa shape index (κ2) is 6.33. The van der Waals surface area contributed by atoms with Gasteiger partial charge in [-0.25, -0.2) is 0 Å². The van der Waals surface area contributed by atoms with Crippen molar-refractivity contribution in [3.8, 4) is 5.75 Å². The van der Waals surface area contributed by atoms with Gasteiger partial charge in [-0.3, -0.25) is 0 Å². The monoisotopic (exact) mass is 328 g/mol. The minimum atomic E-state index is 0.288. The zero-order valence-electron chi connectivity index (χ0n) is 10.9. The molecule has 1 fully saturated rings. The first-order valence-corrected chi connectivity index (χ1v) is 8.08.